The number of halogens is 2. The van der Waals surface area contributed by atoms with Crippen LogP contribution >= 0.6 is 23.2 Å². The second kappa shape index (κ2) is 11.9. The minimum absolute atomic E-state index is 0.268. The summed E-state index contributed by atoms with van der Waals surface area (Å²) in [5.74, 6) is -0.856. The molecule has 2 amide bonds. The molecule has 0 aliphatic carbocycles. The first kappa shape index (κ1) is 24.1. The minimum Gasteiger partial charge on any atom is -0.492 e. The van der Waals surface area contributed by atoms with Crippen LogP contribution in [0.5, 0.6) is 11.5 Å². The number of nitrogens with zero attached hydrogens (tertiary/aromatic N) is 1. The van der Waals surface area contributed by atoms with Crippen LogP contribution in [0.25, 0.3) is 0 Å². The van der Waals surface area contributed by atoms with Crippen LogP contribution in [0, 0.1) is 0 Å². The van der Waals surface area contributed by atoms with Gasteiger partial charge in [-0.05, 0) is 48.9 Å². The number of ether oxygens (including phenoxy) is 2. The molecule has 0 radical (unpaired) electrons. The van der Waals surface area contributed by atoms with Gasteiger partial charge in [-0.3, -0.25) is 9.59 Å². The molecule has 0 saturated heterocycles. The highest BCUT2D eigenvalue weighted by Crippen LogP contribution is 2.27. The topological polar surface area (TPSA) is 89.0 Å². The number of benzene rings is 3. The Bertz CT molecular complexity index is 1170. The average Bonchev–Trinajstić information content (AvgIpc) is 2.81. The number of hydrazone groups is 1. The van der Waals surface area contributed by atoms with E-state index in [2.05, 4.69) is 15.8 Å². The number of nitrogens with one attached hydrogen (secondary N) is 2. The molecule has 0 unspecified atom stereocenters. The largest absolute Gasteiger partial charge is 0.492 e. The van der Waals surface area contributed by atoms with Crippen molar-refractivity contribution in [3.63, 3.8) is 0 Å². The molecule has 0 aromatic heterocycles. The van der Waals surface area contributed by atoms with Crippen molar-refractivity contribution in [1.82, 2.24) is 5.43 Å². The number of para-hydroxylation sites is 2. The van der Waals surface area contributed by atoms with Gasteiger partial charge < -0.3 is 14.8 Å². The Morgan fingerprint density at radius 2 is 1.67 bits per heavy atom. The van der Waals surface area contributed by atoms with Gasteiger partial charge in [0.15, 0.2) is 0 Å². The monoisotopic (exact) mass is 485 g/mol. The zero-order valence-corrected chi connectivity index (χ0v) is 19.2. The highest BCUT2D eigenvalue weighted by Gasteiger charge is 2.15. The molecule has 0 spiro atoms. The van der Waals surface area contributed by atoms with E-state index in [-0.39, 0.29) is 6.61 Å². The number of carbonyl (C=O) groups is 2. The fourth-order valence-electron chi connectivity index (χ4n) is 2.73. The van der Waals surface area contributed by atoms with Crippen molar-refractivity contribution in [3.05, 3.63) is 87.9 Å². The summed E-state index contributed by atoms with van der Waals surface area (Å²) in [5.41, 5.74) is 4.01. The fourth-order valence-corrected chi connectivity index (χ4v) is 3.17. The lowest BCUT2D eigenvalue weighted by Gasteiger charge is -2.10. The lowest BCUT2D eigenvalue weighted by atomic mass is 10.2. The first-order valence-electron chi connectivity index (χ1n) is 10.00. The van der Waals surface area contributed by atoms with Gasteiger partial charge in [0, 0.05) is 10.6 Å². The maximum atomic E-state index is 12.1. The summed E-state index contributed by atoms with van der Waals surface area (Å²) in [6, 6.07) is 19.2. The number of hydrogen-bond donors (Lipinski definition) is 2. The second-order valence-corrected chi connectivity index (χ2v) is 7.47. The molecule has 0 fully saturated rings. The standard InChI is InChI=1S/C24H21Cl2N3O4/c1-2-32-22-10-6-5-9-20(22)28-23(30)24(31)29-27-14-16-11-12-21(19(26)13-16)33-15-17-7-3-4-8-18(17)25/h3-14H,2,15H2,1H3,(H,28,30)(H,29,31)/b27-14-. The Balaban J connectivity index is 1.54. The van der Waals surface area contributed by atoms with E-state index < -0.39 is 11.8 Å². The summed E-state index contributed by atoms with van der Waals surface area (Å²) in [6.07, 6.45) is 1.36. The van der Waals surface area contributed by atoms with Gasteiger partial charge in [-0.2, -0.15) is 5.10 Å². The predicted molar refractivity (Wildman–Crippen MR) is 129 cm³/mol. The van der Waals surface area contributed by atoms with Gasteiger partial charge >= 0.3 is 11.8 Å². The molecular weight excluding hydrogens is 465 g/mol. The van der Waals surface area contributed by atoms with Crippen LogP contribution in [0.3, 0.4) is 0 Å². The van der Waals surface area contributed by atoms with E-state index in [4.69, 9.17) is 32.7 Å². The Hall–Kier alpha value is -3.55. The molecule has 33 heavy (non-hydrogen) atoms. The molecule has 0 heterocycles. The van der Waals surface area contributed by atoms with Crippen molar-refractivity contribution in [2.75, 3.05) is 11.9 Å². The minimum atomic E-state index is -0.927. The Kier molecular flexibility index (Phi) is 8.69. The molecule has 3 rings (SSSR count). The molecule has 2 N–H and O–H groups in total. The van der Waals surface area contributed by atoms with E-state index in [0.717, 1.165) is 5.56 Å². The lowest BCUT2D eigenvalue weighted by Crippen LogP contribution is -2.32. The van der Waals surface area contributed by atoms with Crippen LogP contribution in [0.15, 0.2) is 71.8 Å². The first-order valence-corrected chi connectivity index (χ1v) is 10.8. The molecule has 7 nitrogen and oxygen atoms in total. The van der Waals surface area contributed by atoms with Gasteiger partial charge in [-0.1, -0.05) is 53.5 Å². The van der Waals surface area contributed by atoms with E-state index in [1.54, 1.807) is 48.5 Å². The molecule has 170 valence electrons. The molecule has 0 atom stereocenters. The van der Waals surface area contributed by atoms with Crippen molar-refractivity contribution in [2.45, 2.75) is 13.5 Å². The molecule has 0 bridgehead atoms. The van der Waals surface area contributed by atoms with Crippen molar-refractivity contribution in [2.24, 2.45) is 5.10 Å². The third-order valence-electron chi connectivity index (χ3n) is 4.32. The number of carbonyl (C=O) groups excluding carboxylic acids is 2. The SMILES string of the molecule is CCOc1ccccc1NC(=O)C(=O)N/N=C\c1ccc(OCc2ccccc2Cl)c(Cl)c1. The summed E-state index contributed by atoms with van der Waals surface area (Å²) in [4.78, 5) is 24.2. The molecule has 9 heteroatoms. The van der Waals surface area contributed by atoms with E-state index in [1.807, 2.05) is 25.1 Å². The number of rotatable bonds is 8. The predicted octanol–water partition coefficient (Wildman–Crippen LogP) is 5.06. The third kappa shape index (κ3) is 6.97. The molecular formula is C24H21Cl2N3O4. The number of amides is 2. The van der Waals surface area contributed by atoms with Crippen molar-refractivity contribution >= 4 is 46.9 Å². The summed E-state index contributed by atoms with van der Waals surface area (Å²) in [6.45, 7) is 2.52. The van der Waals surface area contributed by atoms with Crippen LogP contribution in [0.4, 0.5) is 5.69 Å². The van der Waals surface area contributed by atoms with Crippen LogP contribution in [-0.2, 0) is 16.2 Å². The highest BCUT2D eigenvalue weighted by molar-refractivity contribution is 6.39. The van der Waals surface area contributed by atoms with Crippen LogP contribution in [0.2, 0.25) is 10.0 Å². The molecule has 0 aliphatic rings. The number of hydrogen-bond acceptors (Lipinski definition) is 5. The second-order valence-electron chi connectivity index (χ2n) is 6.65. The first-order chi connectivity index (χ1) is 16.0. The summed E-state index contributed by atoms with van der Waals surface area (Å²) < 4.78 is 11.1. The van der Waals surface area contributed by atoms with Crippen LogP contribution in [-0.4, -0.2) is 24.6 Å². The molecule has 0 aliphatic heterocycles. The molecule has 0 saturated carbocycles. The van der Waals surface area contributed by atoms with Gasteiger partial charge in [0.05, 0.1) is 23.5 Å². The van der Waals surface area contributed by atoms with E-state index in [9.17, 15) is 9.59 Å². The van der Waals surface area contributed by atoms with Crippen molar-refractivity contribution in [1.29, 1.82) is 0 Å². The van der Waals surface area contributed by atoms with Gasteiger partial charge in [-0.15, -0.1) is 0 Å². The maximum Gasteiger partial charge on any atom is 0.329 e. The van der Waals surface area contributed by atoms with Gasteiger partial charge in [0.1, 0.15) is 18.1 Å². The molecule has 3 aromatic rings. The summed E-state index contributed by atoms with van der Waals surface area (Å²) >= 11 is 12.4. The lowest BCUT2D eigenvalue weighted by molar-refractivity contribution is -0.136. The fraction of sp³-hybridized carbons (Fsp3) is 0.125. The molecule has 3 aromatic carbocycles. The zero-order valence-electron chi connectivity index (χ0n) is 17.7. The van der Waals surface area contributed by atoms with E-state index >= 15 is 0 Å². The average molecular weight is 486 g/mol. The number of anilines is 1. The highest BCUT2D eigenvalue weighted by atomic mass is 35.5. The van der Waals surface area contributed by atoms with Crippen molar-refractivity contribution in [3.8, 4) is 11.5 Å². The summed E-state index contributed by atoms with van der Waals surface area (Å²) in [7, 11) is 0. The van der Waals surface area contributed by atoms with Crippen molar-refractivity contribution < 1.29 is 19.1 Å². The van der Waals surface area contributed by atoms with Gasteiger partial charge in [-0.25, -0.2) is 5.43 Å². The normalized spacial score (nSPS) is 10.6. The zero-order chi connectivity index (χ0) is 23.6. The third-order valence-corrected chi connectivity index (χ3v) is 4.98. The van der Waals surface area contributed by atoms with E-state index in [1.165, 1.54) is 6.21 Å². The van der Waals surface area contributed by atoms with Crippen LogP contribution in [0.1, 0.15) is 18.1 Å². The Morgan fingerprint density at radius 3 is 2.42 bits per heavy atom. The Morgan fingerprint density at radius 1 is 0.909 bits per heavy atom. The van der Waals surface area contributed by atoms with Crippen LogP contribution < -0.4 is 20.2 Å². The van der Waals surface area contributed by atoms with Gasteiger partial charge in [0.25, 0.3) is 0 Å². The van der Waals surface area contributed by atoms with E-state index in [0.29, 0.717) is 39.4 Å². The smallest absolute Gasteiger partial charge is 0.329 e. The maximum absolute atomic E-state index is 12.1. The van der Waals surface area contributed by atoms with Gasteiger partial charge in [0.2, 0.25) is 0 Å². The Labute approximate surface area is 201 Å². The summed E-state index contributed by atoms with van der Waals surface area (Å²) in [5, 5.41) is 7.27. The quantitative estimate of drug-likeness (QED) is 0.265.